The zero-order chi connectivity index (χ0) is 8.32. The van der Waals surface area contributed by atoms with Crippen LogP contribution in [0.1, 0.15) is 19.3 Å². The van der Waals surface area contributed by atoms with Crippen molar-refractivity contribution < 1.29 is 13.0 Å². The monoisotopic (exact) mass is 179 g/mol. The minimum absolute atomic E-state index is 0.132. The normalized spacial score (nSPS) is 18.6. The molecule has 1 saturated carbocycles. The van der Waals surface area contributed by atoms with E-state index in [0.29, 0.717) is 19.0 Å². The van der Waals surface area contributed by atoms with Crippen LogP contribution in [0.3, 0.4) is 0 Å². The van der Waals surface area contributed by atoms with Crippen LogP contribution < -0.4 is 5.32 Å². The molecule has 0 radical (unpaired) electrons. The summed E-state index contributed by atoms with van der Waals surface area (Å²) in [4.78, 5) is 0. The van der Waals surface area contributed by atoms with E-state index in [1.54, 1.807) is 0 Å². The fourth-order valence-corrected chi connectivity index (χ4v) is 1.36. The summed E-state index contributed by atoms with van der Waals surface area (Å²) in [6.45, 7) is 0.685. The molecule has 4 nitrogen and oxygen atoms in total. The number of hydrogen-bond acceptors (Lipinski definition) is 3. The Morgan fingerprint density at radius 3 is 2.55 bits per heavy atom. The van der Waals surface area contributed by atoms with Crippen molar-refractivity contribution in [3.8, 4) is 0 Å². The highest BCUT2D eigenvalue weighted by Gasteiger charge is 2.19. The van der Waals surface area contributed by atoms with Crippen molar-refractivity contribution in [3.05, 3.63) is 0 Å². The molecule has 0 aromatic heterocycles. The van der Waals surface area contributed by atoms with E-state index >= 15 is 0 Å². The van der Waals surface area contributed by atoms with E-state index < -0.39 is 10.1 Å². The van der Waals surface area contributed by atoms with Crippen LogP contribution in [0.4, 0.5) is 0 Å². The lowest BCUT2D eigenvalue weighted by molar-refractivity contribution is 0.479. The maximum absolute atomic E-state index is 10.2. The maximum atomic E-state index is 10.2. The molecular formula is C6H13NO3S. The predicted octanol–water partition coefficient (Wildman–Crippen LogP) is 0.0163. The van der Waals surface area contributed by atoms with Crippen molar-refractivity contribution in [2.24, 2.45) is 0 Å². The van der Waals surface area contributed by atoms with Gasteiger partial charge in [0, 0.05) is 6.04 Å². The van der Waals surface area contributed by atoms with Gasteiger partial charge in [-0.3, -0.25) is 4.55 Å². The topological polar surface area (TPSA) is 66.4 Å². The van der Waals surface area contributed by atoms with E-state index in [0.717, 1.165) is 0 Å². The standard InChI is InChI=1S/C6H13NO3S/c8-11(9,10)5-1-4-7-6-2-3-6/h6-7H,1-5H2,(H,8,9,10). The molecule has 0 aromatic carbocycles. The first-order chi connectivity index (χ1) is 5.08. The van der Waals surface area contributed by atoms with Crippen LogP contribution in [0.15, 0.2) is 0 Å². The second kappa shape index (κ2) is 3.51. The van der Waals surface area contributed by atoms with Crippen LogP contribution in [-0.2, 0) is 10.1 Å². The molecule has 0 aromatic rings. The number of nitrogens with one attached hydrogen (secondary N) is 1. The van der Waals surface area contributed by atoms with E-state index in [4.69, 9.17) is 4.55 Å². The van der Waals surface area contributed by atoms with Crippen LogP contribution in [-0.4, -0.2) is 31.3 Å². The molecule has 1 aliphatic rings. The second-order valence-electron chi connectivity index (χ2n) is 2.87. The van der Waals surface area contributed by atoms with Crippen LogP contribution in [0.2, 0.25) is 0 Å². The average Bonchev–Trinajstić information content (AvgIpc) is 2.60. The summed E-state index contributed by atoms with van der Waals surface area (Å²) < 4.78 is 28.8. The van der Waals surface area contributed by atoms with Crippen molar-refractivity contribution >= 4 is 10.1 Å². The van der Waals surface area contributed by atoms with Gasteiger partial charge in [-0.05, 0) is 25.8 Å². The SMILES string of the molecule is O=S(=O)(O)CCCNC1CC1. The molecule has 66 valence electrons. The lowest BCUT2D eigenvalue weighted by atomic mass is 10.5. The number of hydrogen-bond donors (Lipinski definition) is 2. The molecule has 0 unspecified atom stereocenters. The fourth-order valence-electron chi connectivity index (χ4n) is 0.848. The molecule has 11 heavy (non-hydrogen) atoms. The summed E-state index contributed by atoms with van der Waals surface area (Å²) >= 11 is 0. The van der Waals surface area contributed by atoms with Gasteiger partial charge in [0.15, 0.2) is 0 Å². The molecule has 0 atom stereocenters. The third-order valence-corrected chi connectivity index (χ3v) is 2.39. The Kier molecular flexibility index (Phi) is 2.86. The minimum Gasteiger partial charge on any atom is -0.314 e. The first-order valence-electron chi connectivity index (χ1n) is 3.76. The first-order valence-corrected chi connectivity index (χ1v) is 5.37. The van der Waals surface area contributed by atoms with Crippen LogP contribution in [0.5, 0.6) is 0 Å². The predicted molar refractivity (Wildman–Crippen MR) is 42.1 cm³/mol. The van der Waals surface area contributed by atoms with Gasteiger partial charge in [-0.2, -0.15) is 8.42 Å². The summed E-state index contributed by atoms with van der Waals surface area (Å²) in [5.41, 5.74) is 0. The van der Waals surface area contributed by atoms with Gasteiger partial charge >= 0.3 is 0 Å². The molecule has 1 rings (SSSR count). The van der Waals surface area contributed by atoms with Gasteiger partial charge in [0.1, 0.15) is 0 Å². The van der Waals surface area contributed by atoms with E-state index in [-0.39, 0.29) is 5.75 Å². The van der Waals surface area contributed by atoms with Gasteiger partial charge in [0.25, 0.3) is 10.1 Å². The van der Waals surface area contributed by atoms with Crippen molar-refractivity contribution in [2.45, 2.75) is 25.3 Å². The zero-order valence-electron chi connectivity index (χ0n) is 6.28. The van der Waals surface area contributed by atoms with Crippen molar-refractivity contribution in [2.75, 3.05) is 12.3 Å². The van der Waals surface area contributed by atoms with Crippen molar-refractivity contribution in [1.82, 2.24) is 5.32 Å². The minimum atomic E-state index is -3.74. The largest absolute Gasteiger partial charge is 0.314 e. The average molecular weight is 179 g/mol. The Morgan fingerprint density at radius 1 is 1.45 bits per heavy atom. The molecule has 0 heterocycles. The van der Waals surface area contributed by atoms with E-state index in [1.165, 1.54) is 12.8 Å². The Morgan fingerprint density at radius 2 is 2.09 bits per heavy atom. The van der Waals surface area contributed by atoms with Crippen molar-refractivity contribution in [3.63, 3.8) is 0 Å². The first kappa shape index (κ1) is 8.96. The lowest BCUT2D eigenvalue weighted by Gasteiger charge is -1.99. The highest BCUT2D eigenvalue weighted by molar-refractivity contribution is 7.85. The van der Waals surface area contributed by atoms with Gasteiger partial charge in [0.05, 0.1) is 5.75 Å². The quantitative estimate of drug-likeness (QED) is 0.461. The molecule has 2 N–H and O–H groups in total. The molecule has 0 bridgehead atoms. The summed E-state index contributed by atoms with van der Waals surface area (Å²) in [5.74, 6) is -0.132. The Balaban J connectivity index is 1.95. The van der Waals surface area contributed by atoms with Gasteiger partial charge < -0.3 is 5.32 Å². The summed E-state index contributed by atoms with van der Waals surface area (Å²) in [5, 5.41) is 3.15. The molecule has 0 saturated heterocycles. The van der Waals surface area contributed by atoms with Gasteiger partial charge in [-0.25, -0.2) is 0 Å². The highest BCUT2D eigenvalue weighted by Crippen LogP contribution is 2.18. The second-order valence-corrected chi connectivity index (χ2v) is 4.44. The van der Waals surface area contributed by atoms with E-state index in [1.807, 2.05) is 0 Å². The van der Waals surface area contributed by atoms with Gasteiger partial charge in [0.2, 0.25) is 0 Å². The molecular weight excluding hydrogens is 166 g/mol. The maximum Gasteiger partial charge on any atom is 0.264 e. The lowest BCUT2D eigenvalue weighted by Crippen LogP contribution is -2.20. The highest BCUT2D eigenvalue weighted by atomic mass is 32.2. The molecule has 1 aliphatic carbocycles. The Hall–Kier alpha value is -0.130. The number of rotatable bonds is 5. The third-order valence-electron chi connectivity index (χ3n) is 1.59. The molecule has 5 heteroatoms. The molecule has 0 amide bonds. The van der Waals surface area contributed by atoms with Gasteiger partial charge in [-0.1, -0.05) is 0 Å². The van der Waals surface area contributed by atoms with Gasteiger partial charge in [-0.15, -0.1) is 0 Å². The van der Waals surface area contributed by atoms with Crippen LogP contribution in [0, 0.1) is 0 Å². The third kappa shape index (κ3) is 5.17. The smallest absolute Gasteiger partial charge is 0.264 e. The Labute approximate surface area is 66.7 Å². The fraction of sp³-hybridized carbons (Fsp3) is 1.00. The van der Waals surface area contributed by atoms with E-state index in [9.17, 15) is 8.42 Å². The molecule has 1 fully saturated rings. The van der Waals surface area contributed by atoms with E-state index in [2.05, 4.69) is 5.32 Å². The van der Waals surface area contributed by atoms with Crippen LogP contribution >= 0.6 is 0 Å². The van der Waals surface area contributed by atoms with Crippen LogP contribution in [0.25, 0.3) is 0 Å². The summed E-state index contributed by atoms with van der Waals surface area (Å²) in [7, 11) is -3.74. The summed E-state index contributed by atoms with van der Waals surface area (Å²) in [6, 6.07) is 0.608. The zero-order valence-corrected chi connectivity index (χ0v) is 7.10. The Bertz CT molecular complexity index is 208. The van der Waals surface area contributed by atoms with Crippen molar-refractivity contribution in [1.29, 1.82) is 0 Å². The molecule has 0 spiro atoms. The summed E-state index contributed by atoms with van der Waals surface area (Å²) in [6.07, 6.45) is 2.90. The molecule has 0 aliphatic heterocycles.